The Morgan fingerprint density at radius 2 is 1.60 bits per heavy atom. The molecule has 0 bridgehead atoms. The summed E-state index contributed by atoms with van der Waals surface area (Å²) >= 11 is 0. The maximum absolute atomic E-state index is 13.8. The summed E-state index contributed by atoms with van der Waals surface area (Å²) in [4.78, 5) is 16.2. The number of likely N-dealkylation sites (N-methyl/N-ethyl adjacent to an activating group) is 1. The van der Waals surface area contributed by atoms with E-state index in [1.54, 1.807) is 0 Å². The zero-order chi connectivity index (χ0) is 29.3. The molecule has 1 saturated carbocycles. The molecule has 3 atom stereocenters. The number of hydrogen-bond donors (Lipinski definition) is 2. The van der Waals surface area contributed by atoms with Gasteiger partial charge in [0.15, 0.2) is 5.78 Å². The largest absolute Gasteiger partial charge is 0.380 e. The van der Waals surface area contributed by atoms with Crippen LogP contribution in [0.4, 0.5) is 17.1 Å². The fourth-order valence-corrected chi connectivity index (χ4v) is 6.01. The van der Waals surface area contributed by atoms with Crippen LogP contribution in [0.25, 0.3) is 0 Å². The first-order valence-corrected chi connectivity index (χ1v) is 15.5. The molecular formula is C35H53N3O2. The summed E-state index contributed by atoms with van der Waals surface area (Å²) in [7, 11) is 0. The second-order valence-corrected chi connectivity index (χ2v) is 14.1. The van der Waals surface area contributed by atoms with Gasteiger partial charge in [0.05, 0.1) is 11.6 Å². The van der Waals surface area contributed by atoms with Crippen molar-refractivity contribution < 1.29 is 9.53 Å². The van der Waals surface area contributed by atoms with Gasteiger partial charge in [-0.15, -0.1) is 0 Å². The Hall–Kier alpha value is -2.37. The molecule has 2 aromatic rings. The minimum absolute atomic E-state index is 0.0304. The highest BCUT2D eigenvalue weighted by Crippen LogP contribution is 2.45. The van der Waals surface area contributed by atoms with E-state index in [0.29, 0.717) is 0 Å². The molecule has 2 aliphatic rings. The third-order valence-electron chi connectivity index (χ3n) is 9.44. The van der Waals surface area contributed by atoms with Crippen LogP contribution < -0.4 is 10.6 Å². The Morgan fingerprint density at radius 3 is 2.17 bits per heavy atom. The van der Waals surface area contributed by atoms with Crippen LogP contribution in [0.15, 0.2) is 42.5 Å². The van der Waals surface area contributed by atoms with Crippen LogP contribution in [0.3, 0.4) is 0 Å². The lowest BCUT2D eigenvalue weighted by Gasteiger charge is -2.47. The number of Topliss-reactive ketones (excluding diaryl/α,β-unsaturated/α-hetero) is 1. The number of fused-ring (bicyclic) bond motifs is 1. The number of anilines is 3. The van der Waals surface area contributed by atoms with E-state index in [-0.39, 0.29) is 34.3 Å². The van der Waals surface area contributed by atoms with Crippen LogP contribution in [0.1, 0.15) is 104 Å². The summed E-state index contributed by atoms with van der Waals surface area (Å²) < 4.78 is 5.98. The van der Waals surface area contributed by atoms with Crippen molar-refractivity contribution in [3.8, 4) is 0 Å². The molecule has 0 amide bonds. The van der Waals surface area contributed by atoms with Gasteiger partial charge in [-0.25, -0.2) is 0 Å². The van der Waals surface area contributed by atoms with Gasteiger partial charge in [-0.2, -0.15) is 0 Å². The van der Waals surface area contributed by atoms with E-state index in [1.807, 2.05) is 6.07 Å². The predicted octanol–water partition coefficient (Wildman–Crippen LogP) is 8.43. The zero-order valence-corrected chi connectivity index (χ0v) is 26.5. The number of ketones is 1. The van der Waals surface area contributed by atoms with Crippen LogP contribution >= 0.6 is 0 Å². The van der Waals surface area contributed by atoms with Crippen molar-refractivity contribution in [2.45, 2.75) is 111 Å². The fraction of sp³-hybridized carbons (Fsp3) is 0.629. The molecule has 40 heavy (non-hydrogen) atoms. The van der Waals surface area contributed by atoms with Crippen molar-refractivity contribution in [3.63, 3.8) is 0 Å². The average Bonchev–Trinajstić information content (AvgIpc) is 3.72. The number of rotatable bonds is 12. The normalized spacial score (nSPS) is 22.1. The molecule has 0 spiro atoms. The lowest BCUT2D eigenvalue weighted by Crippen LogP contribution is -2.55. The number of hydrogen-bond acceptors (Lipinski definition) is 5. The van der Waals surface area contributed by atoms with Gasteiger partial charge in [-0.3, -0.25) is 9.69 Å². The first-order chi connectivity index (χ1) is 18.8. The molecular weight excluding hydrogens is 494 g/mol. The van der Waals surface area contributed by atoms with Gasteiger partial charge in [0.25, 0.3) is 0 Å². The molecule has 5 nitrogen and oxygen atoms in total. The molecule has 220 valence electrons. The van der Waals surface area contributed by atoms with E-state index in [1.165, 1.54) is 12.8 Å². The molecule has 0 heterocycles. The molecule has 2 aliphatic carbocycles. The SMILES string of the molecule is CCN(CC1CC1)C1C(=O)c2ccc(Nc3ccc(NC(C)(CC)CCOC(C)(C)C)cc3)cc2C(C)(C)[C@H]1C. The molecule has 2 N–H and O–H groups in total. The van der Waals surface area contributed by atoms with Gasteiger partial charge < -0.3 is 15.4 Å². The van der Waals surface area contributed by atoms with Crippen LogP contribution in [-0.2, 0) is 10.2 Å². The molecule has 0 radical (unpaired) electrons. The molecule has 2 unspecified atom stereocenters. The Kier molecular flexibility index (Phi) is 9.06. The lowest BCUT2D eigenvalue weighted by molar-refractivity contribution is -0.00943. The predicted molar refractivity (Wildman–Crippen MR) is 169 cm³/mol. The zero-order valence-electron chi connectivity index (χ0n) is 26.5. The molecule has 0 saturated heterocycles. The maximum atomic E-state index is 13.8. The summed E-state index contributed by atoms with van der Waals surface area (Å²) in [5, 5.41) is 7.31. The Bertz CT molecular complexity index is 1160. The van der Waals surface area contributed by atoms with Gasteiger partial charge >= 0.3 is 0 Å². The van der Waals surface area contributed by atoms with Crippen molar-refractivity contribution in [2.24, 2.45) is 11.8 Å². The number of carbonyl (C=O) groups is 1. The first-order valence-electron chi connectivity index (χ1n) is 15.5. The summed E-state index contributed by atoms with van der Waals surface area (Å²) in [6, 6.07) is 14.8. The third-order valence-corrected chi connectivity index (χ3v) is 9.44. The quantitative estimate of drug-likeness (QED) is 0.279. The molecule has 4 rings (SSSR count). The second kappa shape index (κ2) is 11.9. The van der Waals surface area contributed by atoms with E-state index in [9.17, 15) is 4.79 Å². The van der Waals surface area contributed by atoms with Gasteiger partial charge in [-0.1, -0.05) is 34.6 Å². The minimum atomic E-state index is -0.118. The van der Waals surface area contributed by atoms with E-state index in [0.717, 1.165) is 66.6 Å². The molecule has 2 aromatic carbocycles. The van der Waals surface area contributed by atoms with Crippen LogP contribution in [0.5, 0.6) is 0 Å². The molecule has 5 heteroatoms. The van der Waals surface area contributed by atoms with Crippen molar-refractivity contribution in [3.05, 3.63) is 53.6 Å². The lowest BCUT2D eigenvalue weighted by atomic mass is 9.63. The highest BCUT2D eigenvalue weighted by Gasteiger charge is 2.47. The highest BCUT2D eigenvalue weighted by atomic mass is 16.5. The van der Waals surface area contributed by atoms with Gasteiger partial charge in [0.1, 0.15) is 0 Å². The molecule has 0 aromatic heterocycles. The Labute approximate surface area is 243 Å². The van der Waals surface area contributed by atoms with Crippen molar-refractivity contribution in [1.82, 2.24) is 4.90 Å². The van der Waals surface area contributed by atoms with E-state index < -0.39 is 0 Å². The smallest absolute Gasteiger partial charge is 0.180 e. The number of nitrogens with zero attached hydrogens (tertiary/aromatic N) is 1. The molecule has 0 aliphatic heterocycles. The standard InChI is InChI=1S/C35H53N3O2/c1-10-35(9,20-21-40-33(4,5)6)37-27-16-14-26(15-17-27)36-28-18-19-29-30(22-28)34(7,8)24(3)31(32(29)39)38(11-2)23-25-12-13-25/h14-19,22,24-25,31,36-37H,10-13,20-21,23H2,1-9H3/t24-,31?,35?/m0/s1. The van der Waals surface area contributed by atoms with Crippen LogP contribution in [-0.4, -0.2) is 47.6 Å². The Morgan fingerprint density at radius 1 is 0.975 bits per heavy atom. The highest BCUT2D eigenvalue weighted by molar-refractivity contribution is 6.03. The van der Waals surface area contributed by atoms with Crippen molar-refractivity contribution in [1.29, 1.82) is 0 Å². The first kappa shape index (κ1) is 30.6. The average molecular weight is 548 g/mol. The number of carbonyl (C=O) groups excluding carboxylic acids is 1. The second-order valence-electron chi connectivity index (χ2n) is 14.1. The minimum Gasteiger partial charge on any atom is -0.380 e. The van der Waals surface area contributed by atoms with Crippen molar-refractivity contribution >= 4 is 22.8 Å². The molecule has 1 fully saturated rings. The van der Waals surface area contributed by atoms with E-state index in [2.05, 4.69) is 114 Å². The summed E-state index contributed by atoms with van der Waals surface area (Å²) in [6.07, 6.45) is 4.57. The summed E-state index contributed by atoms with van der Waals surface area (Å²) in [6.45, 7) is 22.6. The third kappa shape index (κ3) is 7.09. The van der Waals surface area contributed by atoms with Gasteiger partial charge in [0.2, 0.25) is 0 Å². The van der Waals surface area contributed by atoms with E-state index in [4.69, 9.17) is 4.74 Å². The Balaban J connectivity index is 1.46. The van der Waals surface area contributed by atoms with Crippen LogP contribution in [0.2, 0.25) is 0 Å². The summed E-state index contributed by atoms with van der Waals surface area (Å²) in [5.74, 6) is 1.31. The van der Waals surface area contributed by atoms with Crippen LogP contribution in [0, 0.1) is 11.8 Å². The van der Waals surface area contributed by atoms with Crippen molar-refractivity contribution in [2.75, 3.05) is 30.3 Å². The fourth-order valence-electron chi connectivity index (χ4n) is 6.01. The maximum Gasteiger partial charge on any atom is 0.180 e. The number of nitrogens with one attached hydrogen (secondary N) is 2. The van der Waals surface area contributed by atoms with E-state index >= 15 is 0 Å². The number of benzene rings is 2. The van der Waals surface area contributed by atoms with Gasteiger partial charge in [0, 0.05) is 41.3 Å². The topological polar surface area (TPSA) is 53.6 Å². The number of ether oxygens (including phenoxy) is 1. The summed E-state index contributed by atoms with van der Waals surface area (Å²) in [5.41, 5.74) is 4.96. The van der Waals surface area contributed by atoms with Gasteiger partial charge in [-0.05, 0) is 125 Å². The monoisotopic (exact) mass is 547 g/mol.